The van der Waals surface area contributed by atoms with Gasteiger partial charge in [0.15, 0.2) is 11.5 Å². The number of fused-ring (bicyclic) bond motifs is 1. The molecule has 1 aromatic rings. The van der Waals surface area contributed by atoms with Gasteiger partial charge in [-0.2, -0.15) is 0 Å². The summed E-state index contributed by atoms with van der Waals surface area (Å²) in [7, 11) is 0. The molecule has 0 aliphatic carbocycles. The van der Waals surface area contributed by atoms with Gasteiger partial charge in [0, 0.05) is 12.1 Å². The number of benzene rings is 1. The van der Waals surface area contributed by atoms with Crippen molar-refractivity contribution in [2.75, 3.05) is 13.3 Å². The molecule has 0 saturated carbocycles. The van der Waals surface area contributed by atoms with Gasteiger partial charge in [-0.15, -0.1) is 0 Å². The molecular weight excluding hydrogens is 274 g/mol. The summed E-state index contributed by atoms with van der Waals surface area (Å²) < 4.78 is 10.5. The first-order valence-electron chi connectivity index (χ1n) is 7.01. The normalized spacial score (nSPS) is 24.0. The molecule has 1 N–H and O–H groups in total. The van der Waals surface area contributed by atoms with Gasteiger partial charge in [0.1, 0.15) is 6.04 Å². The maximum atomic E-state index is 12.6. The second-order valence-corrected chi connectivity index (χ2v) is 5.47. The molecule has 6 nitrogen and oxygen atoms in total. The molecule has 1 fully saturated rings. The van der Waals surface area contributed by atoms with Crippen LogP contribution < -0.4 is 9.47 Å². The molecule has 1 aromatic carbocycles. The summed E-state index contributed by atoms with van der Waals surface area (Å²) in [6, 6.07) is 4.17. The molecule has 0 aromatic heterocycles. The van der Waals surface area contributed by atoms with E-state index in [-0.39, 0.29) is 18.6 Å². The lowest BCUT2D eigenvalue weighted by atomic mass is 9.90. The van der Waals surface area contributed by atoms with Crippen molar-refractivity contribution in [2.45, 2.75) is 25.8 Å². The summed E-state index contributed by atoms with van der Waals surface area (Å²) in [5.41, 5.74) is 0.430. The lowest BCUT2D eigenvalue weighted by molar-refractivity contribution is -0.145. The Morgan fingerprint density at radius 2 is 2.05 bits per heavy atom. The summed E-state index contributed by atoms with van der Waals surface area (Å²) in [5, 5.41) is 9.39. The van der Waals surface area contributed by atoms with Gasteiger partial charge in [0.2, 0.25) is 6.79 Å². The summed E-state index contributed by atoms with van der Waals surface area (Å²) in [4.78, 5) is 25.5. The van der Waals surface area contributed by atoms with Gasteiger partial charge in [-0.05, 0) is 37.0 Å². The maximum absolute atomic E-state index is 12.6. The SMILES string of the molecule is CC1CCCN(C(=O)c2ccc3c(c2)OCO3)C1C(=O)O. The lowest BCUT2D eigenvalue weighted by Crippen LogP contribution is -2.51. The van der Waals surface area contributed by atoms with Gasteiger partial charge < -0.3 is 19.5 Å². The first-order valence-corrected chi connectivity index (χ1v) is 7.01. The van der Waals surface area contributed by atoms with Crippen LogP contribution in [-0.4, -0.2) is 41.3 Å². The minimum absolute atomic E-state index is 0.0470. The number of hydrogen-bond donors (Lipinski definition) is 1. The van der Waals surface area contributed by atoms with E-state index in [9.17, 15) is 14.7 Å². The standard InChI is InChI=1S/C15H17NO5/c1-9-3-2-6-16(13(9)15(18)19)14(17)10-4-5-11-12(7-10)21-8-20-11/h4-5,7,9,13H,2-3,6,8H2,1H3,(H,18,19). The summed E-state index contributed by atoms with van der Waals surface area (Å²) in [6.07, 6.45) is 1.64. The molecule has 2 unspecified atom stereocenters. The van der Waals surface area contributed by atoms with Crippen molar-refractivity contribution in [2.24, 2.45) is 5.92 Å². The average molecular weight is 291 g/mol. The van der Waals surface area contributed by atoms with Crippen molar-refractivity contribution < 1.29 is 24.2 Å². The van der Waals surface area contributed by atoms with Crippen LogP contribution >= 0.6 is 0 Å². The number of aliphatic carboxylic acids is 1. The van der Waals surface area contributed by atoms with Crippen molar-refractivity contribution in [3.05, 3.63) is 23.8 Å². The second kappa shape index (κ2) is 5.27. The zero-order valence-corrected chi connectivity index (χ0v) is 11.7. The lowest BCUT2D eigenvalue weighted by Gasteiger charge is -2.37. The number of carbonyl (C=O) groups excluding carboxylic acids is 1. The Labute approximate surface area is 122 Å². The molecule has 2 heterocycles. The molecule has 0 spiro atoms. The van der Waals surface area contributed by atoms with Crippen LogP contribution in [0.1, 0.15) is 30.1 Å². The van der Waals surface area contributed by atoms with E-state index in [4.69, 9.17) is 9.47 Å². The third-order valence-corrected chi connectivity index (χ3v) is 4.07. The summed E-state index contributed by atoms with van der Waals surface area (Å²) in [5.74, 6) is -0.135. The smallest absolute Gasteiger partial charge is 0.326 e. The largest absolute Gasteiger partial charge is 0.480 e. The van der Waals surface area contributed by atoms with Crippen LogP contribution in [0.4, 0.5) is 0 Å². The number of likely N-dealkylation sites (tertiary alicyclic amines) is 1. The van der Waals surface area contributed by atoms with Crippen molar-refractivity contribution in [3.63, 3.8) is 0 Å². The van der Waals surface area contributed by atoms with Gasteiger partial charge >= 0.3 is 5.97 Å². The van der Waals surface area contributed by atoms with Crippen LogP contribution in [0.2, 0.25) is 0 Å². The van der Waals surface area contributed by atoms with E-state index in [1.807, 2.05) is 6.92 Å². The van der Waals surface area contributed by atoms with Crippen molar-refractivity contribution >= 4 is 11.9 Å². The Morgan fingerprint density at radius 1 is 1.29 bits per heavy atom. The highest BCUT2D eigenvalue weighted by atomic mass is 16.7. The number of ether oxygens (including phenoxy) is 2. The molecule has 2 atom stereocenters. The number of piperidine rings is 1. The second-order valence-electron chi connectivity index (χ2n) is 5.47. The third kappa shape index (κ3) is 2.41. The van der Waals surface area contributed by atoms with E-state index in [1.54, 1.807) is 18.2 Å². The summed E-state index contributed by atoms with van der Waals surface area (Å²) in [6.45, 7) is 2.48. The predicted molar refractivity (Wildman–Crippen MR) is 73.4 cm³/mol. The van der Waals surface area contributed by atoms with Crippen LogP contribution in [0.3, 0.4) is 0 Å². The van der Waals surface area contributed by atoms with Crippen LogP contribution in [-0.2, 0) is 4.79 Å². The third-order valence-electron chi connectivity index (χ3n) is 4.07. The highest BCUT2D eigenvalue weighted by Gasteiger charge is 2.37. The van der Waals surface area contributed by atoms with E-state index >= 15 is 0 Å². The molecule has 1 amide bonds. The van der Waals surface area contributed by atoms with E-state index in [0.717, 1.165) is 12.8 Å². The Kier molecular flexibility index (Phi) is 3.45. The Bertz CT molecular complexity index is 585. The number of nitrogens with zero attached hydrogens (tertiary/aromatic N) is 1. The predicted octanol–water partition coefficient (Wildman–Crippen LogP) is 1.74. The van der Waals surface area contributed by atoms with Crippen molar-refractivity contribution in [1.29, 1.82) is 0 Å². The molecule has 2 aliphatic rings. The van der Waals surface area contributed by atoms with Gasteiger partial charge in [-0.1, -0.05) is 6.92 Å². The van der Waals surface area contributed by atoms with Gasteiger partial charge in [-0.25, -0.2) is 4.79 Å². The van der Waals surface area contributed by atoms with Gasteiger partial charge in [0.05, 0.1) is 0 Å². The Morgan fingerprint density at radius 3 is 2.81 bits per heavy atom. The molecule has 112 valence electrons. The van der Waals surface area contributed by atoms with Crippen LogP contribution in [0.25, 0.3) is 0 Å². The first kappa shape index (κ1) is 13.7. The minimum atomic E-state index is -0.948. The maximum Gasteiger partial charge on any atom is 0.326 e. The van der Waals surface area contributed by atoms with Gasteiger partial charge in [-0.3, -0.25) is 4.79 Å². The molecular formula is C15H17NO5. The molecule has 1 saturated heterocycles. The fraction of sp³-hybridized carbons (Fsp3) is 0.467. The molecule has 6 heteroatoms. The molecule has 0 bridgehead atoms. The van der Waals surface area contributed by atoms with E-state index < -0.39 is 12.0 Å². The molecule has 3 rings (SSSR count). The number of amides is 1. The average Bonchev–Trinajstić information content (AvgIpc) is 2.93. The highest BCUT2D eigenvalue weighted by Crippen LogP contribution is 2.33. The van der Waals surface area contributed by atoms with Crippen LogP contribution in [0.15, 0.2) is 18.2 Å². The number of carbonyl (C=O) groups is 2. The quantitative estimate of drug-likeness (QED) is 0.898. The Balaban J connectivity index is 1.88. The molecule has 2 aliphatic heterocycles. The van der Waals surface area contributed by atoms with Crippen LogP contribution in [0, 0.1) is 5.92 Å². The fourth-order valence-electron chi connectivity index (χ4n) is 2.99. The monoisotopic (exact) mass is 291 g/mol. The highest BCUT2D eigenvalue weighted by molar-refractivity contribution is 5.97. The van der Waals surface area contributed by atoms with E-state index in [0.29, 0.717) is 23.6 Å². The number of rotatable bonds is 2. The van der Waals surface area contributed by atoms with Crippen LogP contribution in [0.5, 0.6) is 11.5 Å². The topological polar surface area (TPSA) is 76.1 Å². The van der Waals surface area contributed by atoms with Gasteiger partial charge in [0.25, 0.3) is 5.91 Å². The summed E-state index contributed by atoms with van der Waals surface area (Å²) >= 11 is 0. The molecule has 0 radical (unpaired) electrons. The first-order chi connectivity index (χ1) is 10.1. The Hall–Kier alpha value is -2.24. The minimum Gasteiger partial charge on any atom is -0.480 e. The zero-order valence-electron chi connectivity index (χ0n) is 11.7. The number of carboxylic acid groups (broad SMARTS) is 1. The number of carboxylic acids is 1. The fourth-order valence-corrected chi connectivity index (χ4v) is 2.99. The van der Waals surface area contributed by atoms with E-state index in [2.05, 4.69) is 0 Å². The van der Waals surface area contributed by atoms with Crippen molar-refractivity contribution in [1.82, 2.24) is 4.90 Å². The van der Waals surface area contributed by atoms with E-state index in [1.165, 1.54) is 4.90 Å². The number of hydrogen-bond acceptors (Lipinski definition) is 4. The van der Waals surface area contributed by atoms with Crippen molar-refractivity contribution in [3.8, 4) is 11.5 Å². The zero-order chi connectivity index (χ0) is 15.0. The molecule has 21 heavy (non-hydrogen) atoms.